The fourth-order valence-corrected chi connectivity index (χ4v) is 7.93. The zero-order valence-electron chi connectivity index (χ0n) is 24.3. The number of benzene rings is 1. The Bertz CT molecular complexity index is 1550. The minimum atomic E-state index is -4.20. The summed E-state index contributed by atoms with van der Waals surface area (Å²) in [5.74, 6) is -1.97. The molecule has 1 aliphatic carbocycles. The monoisotopic (exact) mass is 622 g/mol. The lowest BCUT2D eigenvalue weighted by Crippen LogP contribution is -2.50. The number of piperidine rings is 1. The van der Waals surface area contributed by atoms with E-state index in [1.165, 1.54) is 9.71 Å². The number of rotatable bonds is 6. The van der Waals surface area contributed by atoms with Crippen molar-refractivity contribution < 1.29 is 35.9 Å². The van der Waals surface area contributed by atoms with Gasteiger partial charge in [0.15, 0.2) is 5.79 Å². The van der Waals surface area contributed by atoms with Crippen LogP contribution < -0.4 is 5.32 Å². The van der Waals surface area contributed by atoms with E-state index in [0.717, 1.165) is 16.5 Å². The number of sulfonamides is 1. The summed E-state index contributed by atoms with van der Waals surface area (Å²) in [5, 5.41) is 4.93. The van der Waals surface area contributed by atoms with Crippen molar-refractivity contribution in [1.82, 2.24) is 14.2 Å². The van der Waals surface area contributed by atoms with E-state index in [1.807, 2.05) is 44.3 Å². The highest BCUT2D eigenvalue weighted by atomic mass is 32.2. The molecule has 9 nitrogen and oxygen atoms in total. The number of ether oxygens (including phenoxy) is 2. The molecule has 1 unspecified atom stereocenters. The molecule has 0 radical (unpaired) electrons. The summed E-state index contributed by atoms with van der Waals surface area (Å²) >= 11 is 0. The Morgan fingerprint density at radius 1 is 1.12 bits per heavy atom. The van der Waals surface area contributed by atoms with Crippen molar-refractivity contribution in [2.45, 2.75) is 82.5 Å². The van der Waals surface area contributed by atoms with Gasteiger partial charge in [0.1, 0.15) is 17.5 Å². The predicted molar refractivity (Wildman–Crippen MR) is 155 cm³/mol. The Morgan fingerprint density at radius 2 is 1.84 bits per heavy atom. The lowest BCUT2D eigenvalue weighted by Gasteiger charge is -2.34. The molecule has 3 aliphatic heterocycles. The molecular weight excluding hydrogens is 585 g/mol. The van der Waals surface area contributed by atoms with Crippen LogP contribution in [0.2, 0.25) is 0 Å². The number of halogens is 3. The highest BCUT2D eigenvalue weighted by Crippen LogP contribution is 2.41. The molecule has 4 heterocycles. The molecule has 1 aromatic carbocycles. The second kappa shape index (κ2) is 11.0. The minimum Gasteiger partial charge on any atom is -0.348 e. The number of nitrogens with one attached hydrogen (secondary N) is 1. The minimum absolute atomic E-state index is 0.0229. The zero-order valence-corrected chi connectivity index (χ0v) is 25.1. The molecular formula is C30H37F3N4O5S. The maximum Gasteiger partial charge on any atom is 0.391 e. The number of carbonyl (C=O) groups is 1. The van der Waals surface area contributed by atoms with Crippen molar-refractivity contribution in [2.24, 2.45) is 16.8 Å². The summed E-state index contributed by atoms with van der Waals surface area (Å²) < 4.78 is 80.8. The van der Waals surface area contributed by atoms with Crippen molar-refractivity contribution in [3.8, 4) is 0 Å². The Morgan fingerprint density at radius 3 is 2.49 bits per heavy atom. The molecule has 1 saturated carbocycles. The number of alkyl halides is 3. The molecule has 0 bridgehead atoms. The third-order valence-corrected chi connectivity index (χ3v) is 10.8. The number of nitrogens with zero attached hydrogens (tertiary/aromatic N) is 3. The van der Waals surface area contributed by atoms with Gasteiger partial charge in [-0.1, -0.05) is 12.1 Å². The number of amidine groups is 1. The predicted octanol–water partition coefficient (Wildman–Crippen LogP) is 4.82. The fraction of sp³-hybridized carbons (Fsp3) is 0.600. The van der Waals surface area contributed by atoms with Gasteiger partial charge in [0.05, 0.1) is 19.1 Å². The summed E-state index contributed by atoms with van der Waals surface area (Å²) in [6.07, 6.45) is 0.395. The van der Waals surface area contributed by atoms with Crippen LogP contribution in [0.3, 0.4) is 0 Å². The molecule has 3 fully saturated rings. The van der Waals surface area contributed by atoms with Crippen LogP contribution in [-0.4, -0.2) is 72.3 Å². The number of aromatic nitrogens is 1. The van der Waals surface area contributed by atoms with E-state index < -0.39 is 33.4 Å². The Labute approximate surface area is 249 Å². The van der Waals surface area contributed by atoms with Gasteiger partial charge in [-0.25, -0.2) is 8.42 Å². The fourth-order valence-electron chi connectivity index (χ4n) is 6.75. The SMILES string of the molecule is CC1(C)OCC(Cn2ccc3c(C=CS(=O)(=O)N4CCC5(CC4)N=C(C4CCC(C(F)(F)F)CC4)NC5=O)cccc32)O1. The quantitative estimate of drug-likeness (QED) is 0.498. The first-order valence-electron chi connectivity index (χ1n) is 14.8. The maximum atomic E-state index is 13.3. The average Bonchev–Trinajstić information content (AvgIpc) is 3.62. The summed E-state index contributed by atoms with van der Waals surface area (Å²) in [5.41, 5.74) is 0.659. The van der Waals surface area contributed by atoms with Gasteiger partial charge in [-0.3, -0.25) is 9.79 Å². The second-order valence-electron chi connectivity index (χ2n) is 12.5. The van der Waals surface area contributed by atoms with Crippen molar-refractivity contribution in [3.05, 3.63) is 41.4 Å². The highest BCUT2D eigenvalue weighted by molar-refractivity contribution is 7.92. The Kier molecular flexibility index (Phi) is 7.75. The van der Waals surface area contributed by atoms with Crippen LogP contribution >= 0.6 is 0 Å². The lowest BCUT2D eigenvalue weighted by molar-refractivity contribution is -0.182. The smallest absolute Gasteiger partial charge is 0.348 e. The van der Waals surface area contributed by atoms with E-state index >= 15 is 0 Å². The Balaban J connectivity index is 1.10. The van der Waals surface area contributed by atoms with Gasteiger partial charge in [-0.2, -0.15) is 17.5 Å². The molecule has 2 saturated heterocycles. The van der Waals surface area contributed by atoms with Crippen LogP contribution in [0, 0.1) is 11.8 Å². The molecule has 2 aromatic rings. The molecule has 1 N–H and O–H groups in total. The topological polar surface area (TPSA) is 102 Å². The molecule has 6 rings (SSSR count). The van der Waals surface area contributed by atoms with E-state index in [2.05, 4.69) is 14.9 Å². The molecule has 4 aliphatic rings. The van der Waals surface area contributed by atoms with E-state index in [9.17, 15) is 26.4 Å². The van der Waals surface area contributed by atoms with E-state index in [0.29, 0.717) is 31.8 Å². The normalized spacial score (nSPS) is 28.2. The van der Waals surface area contributed by atoms with Gasteiger partial charge in [0.25, 0.3) is 5.91 Å². The first kappa shape index (κ1) is 30.3. The largest absolute Gasteiger partial charge is 0.391 e. The van der Waals surface area contributed by atoms with Gasteiger partial charge >= 0.3 is 6.18 Å². The Hall–Kier alpha value is -2.74. The van der Waals surface area contributed by atoms with Crippen LogP contribution in [0.25, 0.3) is 17.0 Å². The van der Waals surface area contributed by atoms with Gasteiger partial charge in [-0.15, -0.1) is 0 Å². The third-order valence-electron chi connectivity index (χ3n) is 9.22. The van der Waals surface area contributed by atoms with E-state index in [1.54, 1.807) is 6.08 Å². The van der Waals surface area contributed by atoms with Crippen LogP contribution in [0.5, 0.6) is 0 Å². The number of carbonyl (C=O) groups excluding carboxylic acids is 1. The maximum absolute atomic E-state index is 13.3. The van der Waals surface area contributed by atoms with E-state index in [-0.39, 0.29) is 56.7 Å². The van der Waals surface area contributed by atoms with Crippen molar-refractivity contribution in [1.29, 1.82) is 0 Å². The lowest BCUT2D eigenvalue weighted by atomic mass is 9.81. The van der Waals surface area contributed by atoms with Crippen LogP contribution in [-0.2, 0) is 30.8 Å². The van der Waals surface area contributed by atoms with Crippen molar-refractivity contribution in [3.63, 3.8) is 0 Å². The molecule has 1 aromatic heterocycles. The van der Waals surface area contributed by atoms with Crippen LogP contribution in [0.4, 0.5) is 13.2 Å². The summed E-state index contributed by atoms with van der Waals surface area (Å²) in [7, 11) is -3.77. The molecule has 1 atom stereocenters. The number of fused-ring (bicyclic) bond motifs is 1. The summed E-state index contributed by atoms with van der Waals surface area (Å²) in [6, 6.07) is 7.69. The van der Waals surface area contributed by atoms with Gasteiger partial charge in [0.2, 0.25) is 10.0 Å². The second-order valence-corrected chi connectivity index (χ2v) is 14.3. The number of hydrogen-bond donors (Lipinski definition) is 1. The summed E-state index contributed by atoms with van der Waals surface area (Å²) in [6.45, 7) is 5.12. The molecule has 13 heteroatoms. The molecule has 43 heavy (non-hydrogen) atoms. The highest BCUT2D eigenvalue weighted by Gasteiger charge is 2.49. The van der Waals surface area contributed by atoms with Crippen molar-refractivity contribution >= 4 is 38.7 Å². The first-order chi connectivity index (χ1) is 20.2. The summed E-state index contributed by atoms with van der Waals surface area (Å²) in [4.78, 5) is 17.6. The van der Waals surface area contributed by atoms with E-state index in [4.69, 9.17) is 9.47 Å². The number of amides is 1. The number of aliphatic imine (C=N–C) groups is 1. The van der Waals surface area contributed by atoms with Gasteiger partial charge < -0.3 is 19.4 Å². The average molecular weight is 623 g/mol. The van der Waals surface area contributed by atoms with Gasteiger partial charge in [-0.05, 0) is 76.1 Å². The first-order valence-corrected chi connectivity index (χ1v) is 16.3. The number of hydrogen-bond acceptors (Lipinski definition) is 6. The third kappa shape index (κ3) is 6.13. The molecule has 1 spiro atoms. The van der Waals surface area contributed by atoms with Crippen LogP contribution in [0.1, 0.15) is 57.9 Å². The molecule has 1 amide bonds. The zero-order chi connectivity index (χ0) is 30.6. The van der Waals surface area contributed by atoms with Crippen LogP contribution in [0.15, 0.2) is 40.9 Å². The standard InChI is InChI=1S/C30H37F3N4O5S/c1-28(2)41-19-23(42-28)18-36-14-10-24-20(4-3-5-25(24)36)11-17-43(39,40)37-15-12-29(13-16-37)27(38)34-26(35-29)21-6-8-22(9-7-21)30(31,32)33/h3-5,10-11,14,17,21-23H,6-9,12-13,15-16,18-19H2,1-2H3,(H,34,35,38). The molecule has 234 valence electrons. The van der Waals surface area contributed by atoms with Gasteiger partial charge in [0, 0.05) is 41.5 Å². The van der Waals surface area contributed by atoms with Crippen molar-refractivity contribution in [2.75, 3.05) is 19.7 Å².